The van der Waals surface area contributed by atoms with Crippen molar-refractivity contribution >= 4 is 45.6 Å². The number of hydrogen-bond acceptors (Lipinski definition) is 7. The van der Waals surface area contributed by atoms with E-state index in [9.17, 15) is 28.0 Å². The number of nitrogens with zero attached hydrogens (tertiary/aromatic N) is 4. The number of H-pyrrole nitrogens is 1. The normalized spacial score (nSPS) is 20.7. The fraction of sp³-hybridized carbons (Fsp3) is 0.578. The molecule has 0 bridgehead atoms. The number of likely N-dealkylation sites (tertiary alicyclic amines) is 2. The van der Waals surface area contributed by atoms with Gasteiger partial charge < -0.3 is 40.6 Å². The SMILES string of the molecule is CC[C@H](NC(=O)[C@H](C)NC)C(=O)N1CCC[C@H]1Cc1c(-c2nc3cc(F)ccc3n2C[C@@H]2CCCN2C(=O)C(NC(=O)[C@H](C)NC)C2CCCCC2)[nH]c2cc(F)ccc12. The average Bonchev–Trinajstić information content (AvgIpc) is 4.07. The Bertz CT molecular complexity index is 2200. The van der Waals surface area contributed by atoms with Crippen molar-refractivity contribution in [2.75, 3.05) is 27.2 Å². The van der Waals surface area contributed by atoms with Crippen LogP contribution in [0.2, 0.25) is 0 Å². The highest BCUT2D eigenvalue weighted by Gasteiger charge is 2.40. The van der Waals surface area contributed by atoms with E-state index in [1.165, 1.54) is 24.3 Å². The van der Waals surface area contributed by atoms with Crippen molar-refractivity contribution in [3.63, 3.8) is 0 Å². The lowest BCUT2D eigenvalue weighted by molar-refractivity contribution is -0.139. The molecular weight excluding hydrogens is 769 g/mol. The van der Waals surface area contributed by atoms with Crippen LogP contribution in [0.15, 0.2) is 36.4 Å². The van der Waals surface area contributed by atoms with Gasteiger partial charge >= 0.3 is 0 Å². The number of rotatable bonds is 15. The summed E-state index contributed by atoms with van der Waals surface area (Å²) in [6.07, 6.45) is 8.84. The first-order valence-electron chi connectivity index (χ1n) is 21.9. The molecule has 60 heavy (non-hydrogen) atoms. The topological polar surface area (TPSA) is 156 Å². The lowest BCUT2D eigenvalue weighted by Gasteiger charge is -2.35. The molecule has 3 fully saturated rings. The summed E-state index contributed by atoms with van der Waals surface area (Å²) in [5, 5.41) is 12.8. The molecular formula is C45H61F2N9O4. The van der Waals surface area contributed by atoms with E-state index >= 15 is 0 Å². The Hall–Kier alpha value is -4.89. The summed E-state index contributed by atoms with van der Waals surface area (Å²) < 4.78 is 31.8. The van der Waals surface area contributed by atoms with Crippen molar-refractivity contribution in [1.29, 1.82) is 0 Å². The van der Waals surface area contributed by atoms with Crippen LogP contribution < -0.4 is 21.3 Å². The van der Waals surface area contributed by atoms with E-state index in [1.807, 2.05) is 21.3 Å². The van der Waals surface area contributed by atoms with Crippen LogP contribution in [-0.4, -0.2) is 111 Å². The summed E-state index contributed by atoms with van der Waals surface area (Å²) in [6, 6.07) is 6.47. The highest BCUT2D eigenvalue weighted by molar-refractivity contribution is 5.93. The van der Waals surface area contributed by atoms with Crippen LogP contribution in [0.1, 0.15) is 90.5 Å². The molecule has 7 rings (SSSR count). The first-order chi connectivity index (χ1) is 28.9. The number of benzene rings is 2. The van der Waals surface area contributed by atoms with Gasteiger partial charge in [-0.1, -0.05) is 26.2 Å². The Morgan fingerprint density at radius 1 is 0.800 bits per heavy atom. The number of aromatic nitrogens is 3. The molecule has 4 amide bonds. The molecule has 1 aliphatic carbocycles. The molecule has 15 heteroatoms. The predicted molar refractivity (Wildman–Crippen MR) is 228 cm³/mol. The Balaban J connectivity index is 1.24. The summed E-state index contributed by atoms with van der Waals surface area (Å²) in [5.41, 5.74) is 3.20. The quantitative estimate of drug-likeness (QED) is 0.111. The largest absolute Gasteiger partial charge is 0.352 e. The fourth-order valence-electron chi connectivity index (χ4n) is 9.61. The number of carbonyl (C=O) groups excluding carboxylic acids is 4. The summed E-state index contributed by atoms with van der Waals surface area (Å²) in [5.74, 6) is -0.929. The van der Waals surface area contributed by atoms with Gasteiger partial charge in [0.05, 0.1) is 28.8 Å². The number of amides is 4. The zero-order valence-electron chi connectivity index (χ0n) is 35.6. The summed E-state index contributed by atoms with van der Waals surface area (Å²) in [4.78, 5) is 67.1. The zero-order valence-corrected chi connectivity index (χ0v) is 35.6. The van der Waals surface area contributed by atoms with Gasteiger partial charge in [0.2, 0.25) is 23.6 Å². The lowest BCUT2D eigenvalue weighted by Crippen LogP contribution is -2.56. The summed E-state index contributed by atoms with van der Waals surface area (Å²) >= 11 is 0. The molecule has 1 saturated carbocycles. The van der Waals surface area contributed by atoms with Crippen molar-refractivity contribution in [2.45, 2.75) is 134 Å². The number of halogens is 2. The molecule has 2 saturated heterocycles. The van der Waals surface area contributed by atoms with Crippen molar-refractivity contribution in [1.82, 2.24) is 45.6 Å². The first kappa shape index (κ1) is 43.2. The Morgan fingerprint density at radius 2 is 1.43 bits per heavy atom. The van der Waals surface area contributed by atoms with Crippen LogP contribution in [0.5, 0.6) is 0 Å². The second-order valence-electron chi connectivity index (χ2n) is 17.1. The third kappa shape index (κ3) is 8.93. The van der Waals surface area contributed by atoms with Crippen LogP contribution >= 0.6 is 0 Å². The molecule has 2 aliphatic heterocycles. The van der Waals surface area contributed by atoms with Gasteiger partial charge in [-0.05, 0) is 121 Å². The van der Waals surface area contributed by atoms with Crippen molar-refractivity contribution in [2.24, 2.45) is 5.92 Å². The minimum atomic E-state index is -0.681. The minimum absolute atomic E-state index is 0.0465. The molecule has 3 aliphatic rings. The van der Waals surface area contributed by atoms with Crippen LogP contribution in [0.25, 0.3) is 33.5 Å². The fourth-order valence-corrected chi connectivity index (χ4v) is 9.61. The molecule has 5 N–H and O–H groups in total. The van der Waals surface area contributed by atoms with E-state index in [4.69, 9.17) is 4.98 Å². The van der Waals surface area contributed by atoms with Crippen molar-refractivity contribution in [3.05, 3.63) is 53.6 Å². The van der Waals surface area contributed by atoms with Crippen LogP contribution in [0.4, 0.5) is 8.78 Å². The van der Waals surface area contributed by atoms with E-state index in [1.54, 1.807) is 40.1 Å². The molecule has 1 unspecified atom stereocenters. The minimum Gasteiger partial charge on any atom is -0.352 e. The molecule has 4 heterocycles. The molecule has 2 aromatic heterocycles. The molecule has 324 valence electrons. The second kappa shape index (κ2) is 18.8. The van der Waals surface area contributed by atoms with Gasteiger partial charge in [-0.2, -0.15) is 0 Å². The van der Waals surface area contributed by atoms with Gasteiger partial charge in [0, 0.05) is 48.7 Å². The second-order valence-corrected chi connectivity index (χ2v) is 17.1. The summed E-state index contributed by atoms with van der Waals surface area (Å²) in [6.45, 7) is 6.87. The standard InChI is InChI=1S/C45H61F2N9O4/c1-6-35(52-42(57)26(2)48-4)44(59)54-20-10-14-31(54)24-34-33-18-16-29(46)22-36(33)50-40(34)41-51-37-23-30(47)17-19-38(37)56(41)25-32-15-11-21-55(32)45(60)39(28-12-8-7-9-13-28)53-43(58)27(3)49-5/h16-19,22-23,26-28,31-32,35,39,48-50H,6-15,20-21,24-25H2,1-5H3,(H,52,57)(H,53,58)/t26-,27-,31-,32-,35-,39?/m0/s1. The monoisotopic (exact) mass is 829 g/mol. The van der Waals surface area contributed by atoms with Crippen molar-refractivity contribution < 1.29 is 28.0 Å². The van der Waals surface area contributed by atoms with Gasteiger partial charge in [0.1, 0.15) is 23.7 Å². The van der Waals surface area contributed by atoms with Crippen molar-refractivity contribution in [3.8, 4) is 11.5 Å². The van der Waals surface area contributed by atoms with Gasteiger partial charge in [0.25, 0.3) is 0 Å². The van der Waals surface area contributed by atoms with E-state index in [2.05, 4.69) is 26.3 Å². The Labute approximate surface area is 350 Å². The molecule has 13 nitrogen and oxygen atoms in total. The molecule has 6 atom stereocenters. The predicted octanol–water partition coefficient (Wildman–Crippen LogP) is 5.16. The number of likely N-dealkylation sites (N-methyl/N-ethyl adjacent to an activating group) is 2. The van der Waals surface area contributed by atoms with E-state index in [0.29, 0.717) is 60.5 Å². The van der Waals surface area contributed by atoms with Gasteiger partial charge in [0.15, 0.2) is 5.82 Å². The highest BCUT2D eigenvalue weighted by atomic mass is 19.1. The number of fused-ring (bicyclic) bond motifs is 2. The third-order valence-corrected chi connectivity index (χ3v) is 13.3. The maximum Gasteiger partial charge on any atom is 0.245 e. The Kier molecular flexibility index (Phi) is 13.5. The molecule has 2 aromatic carbocycles. The van der Waals surface area contributed by atoms with E-state index < -0.39 is 35.8 Å². The number of nitrogens with one attached hydrogen (secondary N) is 5. The highest BCUT2D eigenvalue weighted by Crippen LogP contribution is 2.37. The third-order valence-electron chi connectivity index (χ3n) is 13.3. The van der Waals surface area contributed by atoms with Crippen LogP contribution in [0, 0.1) is 17.6 Å². The van der Waals surface area contributed by atoms with Gasteiger partial charge in [-0.25, -0.2) is 13.8 Å². The maximum atomic E-state index is 14.9. The summed E-state index contributed by atoms with van der Waals surface area (Å²) in [7, 11) is 3.43. The molecule has 4 aromatic rings. The number of aromatic amines is 1. The Morgan fingerprint density at radius 3 is 2.12 bits per heavy atom. The average molecular weight is 830 g/mol. The maximum absolute atomic E-state index is 14.9. The zero-order chi connectivity index (χ0) is 42.7. The van der Waals surface area contributed by atoms with E-state index in [-0.39, 0.29) is 41.6 Å². The first-order valence-corrected chi connectivity index (χ1v) is 21.9. The molecule has 0 spiro atoms. The van der Waals surface area contributed by atoms with Crippen LogP contribution in [-0.2, 0) is 32.1 Å². The molecule has 0 radical (unpaired) electrons. The smallest absolute Gasteiger partial charge is 0.245 e. The number of hydrogen-bond donors (Lipinski definition) is 5. The lowest BCUT2D eigenvalue weighted by atomic mass is 9.83. The van der Waals surface area contributed by atoms with E-state index in [0.717, 1.165) is 68.7 Å². The van der Waals surface area contributed by atoms with Gasteiger partial charge in [-0.15, -0.1) is 0 Å². The number of carbonyl (C=O) groups is 4. The van der Waals surface area contributed by atoms with Gasteiger partial charge in [-0.3, -0.25) is 19.2 Å². The number of imidazole rings is 1. The van der Waals surface area contributed by atoms with Crippen LogP contribution in [0.3, 0.4) is 0 Å².